The van der Waals surface area contributed by atoms with Gasteiger partial charge in [0.15, 0.2) is 6.10 Å². The molecule has 0 radical (unpaired) electrons. The van der Waals surface area contributed by atoms with Gasteiger partial charge in [0.1, 0.15) is 11.3 Å². The Morgan fingerprint density at radius 2 is 2.05 bits per heavy atom. The summed E-state index contributed by atoms with van der Waals surface area (Å²) in [5, 5.41) is 11.9. The number of nitrogens with one attached hydrogen (secondary N) is 1. The predicted molar refractivity (Wildman–Crippen MR) is 79.1 cm³/mol. The minimum absolute atomic E-state index is 0.0163. The van der Waals surface area contributed by atoms with Crippen molar-refractivity contribution in [2.75, 3.05) is 0 Å². The first-order chi connectivity index (χ1) is 9.35. The summed E-state index contributed by atoms with van der Waals surface area (Å²) in [5.41, 5.74) is 0.0163. The Kier molecular flexibility index (Phi) is 6.01. The Bertz CT molecular complexity index is 504. The highest BCUT2D eigenvalue weighted by molar-refractivity contribution is 9.10. The van der Waals surface area contributed by atoms with Gasteiger partial charge in [-0.05, 0) is 38.5 Å². The van der Waals surface area contributed by atoms with Gasteiger partial charge in [-0.15, -0.1) is 0 Å². The number of benzene rings is 1. The molecule has 6 heteroatoms. The number of amides is 1. The normalized spacial score (nSPS) is 13.4. The lowest BCUT2D eigenvalue weighted by molar-refractivity contribution is -0.127. The predicted octanol–water partition coefficient (Wildman–Crippen LogP) is 2.83. The number of carboxylic acids is 1. The number of aromatic carboxylic acids is 1. The molecule has 0 saturated carbocycles. The van der Waals surface area contributed by atoms with E-state index in [0.29, 0.717) is 4.47 Å². The van der Waals surface area contributed by atoms with E-state index >= 15 is 0 Å². The molecule has 20 heavy (non-hydrogen) atoms. The molecule has 110 valence electrons. The van der Waals surface area contributed by atoms with Gasteiger partial charge in [0.05, 0.1) is 0 Å². The third kappa shape index (κ3) is 4.52. The van der Waals surface area contributed by atoms with Crippen molar-refractivity contribution in [1.29, 1.82) is 0 Å². The number of halogens is 1. The maximum atomic E-state index is 11.9. The van der Waals surface area contributed by atoms with Gasteiger partial charge in [-0.2, -0.15) is 0 Å². The van der Waals surface area contributed by atoms with Crippen LogP contribution in [0.1, 0.15) is 37.6 Å². The zero-order chi connectivity index (χ0) is 15.3. The molecule has 5 nitrogen and oxygen atoms in total. The fraction of sp³-hybridized carbons (Fsp3) is 0.429. The molecule has 1 aromatic carbocycles. The van der Waals surface area contributed by atoms with Crippen LogP contribution >= 0.6 is 15.9 Å². The molecule has 2 atom stereocenters. The van der Waals surface area contributed by atoms with E-state index in [1.165, 1.54) is 12.1 Å². The van der Waals surface area contributed by atoms with Gasteiger partial charge in [0.2, 0.25) is 0 Å². The zero-order valence-corrected chi connectivity index (χ0v) is 13.2. The van der Waals surface area contributed by atoms with Crippen LogP contribution in [0.3, 0.4) is 0 Å². The van der Waals surface area contributed by atoms with E-state index in [9.17, 15) is 9.59 Å². The molecule has 0 heterocycles. The topological polar surface area (TPSA) is 75.6 Å². The molecule has 0 spiro atoms. The Balaban J connectivity index is 2.82. The van der Waals surface area contributed by atoms with Gasteiger partial charge in [-0.25, -0.2) is 4.79 Å². The number of hydrogen-bond donors (Lipinski definition) is 2. The Hall–Kier alpha value is -1.56. The van der Waals surface area contributed by atoms with Crippen molar-refractivity contribution >= 4 is 27.8 Å². The van der Waals surface area contributed by atoms with Gasteiger partial charge in [0.25, 0.3) is 5.91 Å². The van der Waals surface area contributed by atoms with Crippen LogP contribution in [0.2, 0.25) is 0 Å². The summed E-state index contributed by atoms with van der Waals surface area (Å²) in [6, 6.07) is 4.69. The van der Waals surface area contributed by atoms with Gasteiger partial charge in [-0.3, -0.25) is 4.79 Å². The van der Waals surface area contributed by atoms with Crippen LogP contribution in [-0.2, 0) is 4.79 Å². The Morgan fingerprint density at radius 1 is 1.40 bits per heavy atom. The second kappa shape index (κ2) is 7.28. The van der Waals surface area contributed by atoms with Crippen molar-refractivity contribution in [3.8, 4) is 5.75 Å². The zero-order valence-electron chi connectivity index (χ0n) is 11.6. The van der Waals surface area contributed by atoms with Crippen LogP contribution in [0.5, 0.6) is 5.75 Å². The molecule has 0 aliphatic rings. The lowest BCUT2D eigenvalue weighted by Gasteiger charge is -2.18. The third-order valence-corrected chi connectivity index (χ3v) is 3.34. The summed E-state index contributed by atoms with van der Waals surface area (Å²) in [5.74, 6) is -1.19. The van der Waals surface area contributed by atoms with Crippen molar-refractivity contribution in [1.82, 2.24) is 5.32 Å². The summed E-state index contributed by atoms with van der Waals surface area (Å²) in [6.45, 7) is 5.45. The summed E-state index contributed by atoms with van der Waals surface area (Å²) in [4.78, 5) is 23.0. The number of carboxylic acid groups (broad SMARTS) is 1. The van der Waals surface area contributed by atoms with E-state index in [1.54, 1.807) is 13.0 Å². The smallest absolute Gasteiger partial charge is 0.339 e. The van der Waals surface area contributed by atoms with Crippen molar-refractivity contribution < 1.29 is 19.4 Å². The SMILES string of the molecule is CCC(C)NC(=O)C(C)Oc1ccc(Br)cc1C(=O)O. The maximum absolute atomic E-state index is 11.9. The Labute approximate surface area is 126 Å². The third-order valence-electron chi connectivity index (χ3n) is 2.85. The lowest BCUT2D eigenvalue weighted by Crippen LogP contribution is -2.41. The number of carbonyl (C=O) groups is 2. The molecule has 0 bridgehead atoms. The van der Waals surface area contributed by atoms with E-state index in [1.807, 2.05) is 13.8 Å². The van der Waals surface area contributed by atoms with Crippen molar-refractivity contribution in [3.63, 3.8) is 0 Å². The minimum Gasteiger partial charge on any atom is -0.480 e. The summed E-state index contributed by atoms with van der Waals surface area (Å²) in [6.07, 6.45) is 0.0557. The summed E-state index contributed by atoms with van der Waals surface area (Å²) in [7, 11) is 0. The molecule has 2 N–H and O–H groups in total. The first kappa shape index (κ1) is 16.5. The monoisotopic (exact) mass is 343 g/mol. The van der Waals surface area contributed by atoms with Crippen molar-refractivity contribution in [2.45, 2.75) is 39.3 Å². The quantitative estimate of drug-likeness (QED) is 0.832. The highest BCUT2D eigenvalue weighted by atomic mass is 79.9. The van der Waals surface area contributed by atoms with E-state index in [-0.39, 0.29) is 23.3 Å². The molecule has 1 rings (SSSR count). The summed E-state index contributed by atoms with van der Waals surface area (Å²) >= 11 is 3.20. The molecular formula is C14H18BrNO4. The van der Waals surface area contributed by atoms with E-state index in [0.717, 1.165) is 6.42 Å². The molecule has 0 aromatic heterocycles. The second-order valence-corrected chi connectivity index (χ2v) is 5.44. The van der Waals surface area contributed by atoms with Gasteiger partial charge in [-0.1, -0.05) is 22.9 Å². The highest BCUT2D eigenvalue weighted by Gasteiger charge is 2.19. The molecule has 0 aliphatic heterocycles. The molecular weight excluding hydrogens is 326 g/mol. The van der Waals surface area contributed by atoms with E-state index < -0.39 is 12.1 Å². The number of ether oxygens (including phenoxy) is 1. The van der Waals surface area contributed by atoms with E-state index in [2.05, 4.69) is 21.2 Å². The number of carbonyl (C=O) groups excluding carboxylic acids is 1. The Morgan fingerprint density at radius 3 is 2.60 bits per heavy atom. The minimum atomic E-state index is -1.10. The average molecular weight is 344 g/mol. The van der Waals surface area contributed by atoms with Crippen molar-refractivity contribution in [2.24, 2.45) is 0 Å². The molecule has 0 fully saturated rings. The second-order valence-electron chi connectivity index (χ2n) is 4.52. The first-order valence-corrected chi connectivity index (χ1v) is 7.14. The first-order valence-electron chi connectivity index (χ1n) is 6.35. The fourth-order valence-electron chi connectivity index (χ4n) is 1.48. The van der Waals surface area contributed by atoms with Crippen LogP contribution in [0.25, 0.3) is 0 Å². The number of hydrogen-bond acceptors (Lipinski definition) is 3. The van der Waals surface area contributed by atoms with Crippen LogP contribution in [-0.4, -0.2) is 29.1 Å². The van der Waals surface area contributed by atoms with Crippen LogP contribution < -0.4 is 10.1 Å². The van der Waals surface area contributed by atoms with Gasteiger partial charge < -0.3 is 15.2 Å². The van der Waals surface area contributed by atoms with Crippen LogP contribution in [0.15, 0.2) is 22.7 Å². The molecule has 1 amide bonds. The standard InChI is InChI=1S/C14H18BrNO4/c1-4-8(2)16-13(17)9(3)20-12-6-5-10(15)7-11(12)14(18)19/h5-9H,4H2,1-3H3,(H,16,17)(H,18,19). The molecule has 0 aliphatic carbocycles. The maximum Gasteiger partial charge on any atom is 0.339 e. The average Bonchev–Trinajstić information content (AvgIpc) is 2.40. The highest BCUT2D eigenvalue weighted by Crippen LogP contribution is 2.24. The van der Waals surface area contributed by atoms with E-state index in [4.69, 9.17) is 9.84 Å². The van der Waals surface area contributed by atoms with Crippen molar-refractivity contribution in [3.05, 3.63) is 28.2 Å². The largest absolute Gasteiger partial charge is 0.480 e. The molecule has 2 unspecified atom stereocenters. The summed E-state index contributed by atoms with van der Waals surface area (Å²) < 4.78 is 6.09. The van der Waals surface area contributed by atoms with Gasteiger partial charge >= 0.3 is 5.97 Å². The fourth-order valence-corrected chi connectivity index (χ4v) is 1.84. The van der Waals surface area contributed by atoms with Crippen LogP contribution in [0.4, 0.5) is 0 Å². The molecule has 0 saturated heterocycles. The molecule has 1 aromatic rings. The van der Waals surface area contributed by atoms with Gasteiger partial charge in [0, 0.05) is 10.5 Å². The van der Waals surface area contributed by atoms with Crippen LogP contribution in [0, 0.1) is 0 Å². The number of rotatable bonds is 6. The lowest BCUT2D eigenvalue weighted by atomic mass is 10.2.